The summed E-state index contributed by atoms with van der Waals surface area (Å²) in [5.74, 6) is -1.61. The minimum Gasteiger partial charge on any atom is -0.392 e. The van der Waals surface area contributed by atoms with E-state index in [4.69, 9.17) is 0 Å². The first-order valence-electron chi connectivity index (χ1n) is 11.2. The van der Waals surface area contributed by atoms with Crippen LogP contribution >= 0.6 is 0 Å². The topological polar surface area (TPSA) is 123 Å². The molecule has 32 heavy (non-hydrogen) atoms. The third-order valence-electron chi connectivity index (χ3n) is 6.60. The van der Waals surface area contributed by atoms with Crippen LogP contribution in [0.15, 0.2) is 29.4 Å². The minimum absolute atomic E-state index is 0.0305. The summed E-state index contributed by atoms with van der Waals surface area (Å²) < 4.78 is 0. The molecule has 9 nitrogen and oxygen atoms in total. The molecule has 0 aromatic heterocycles. The van der Waals surface area contributed by atoms with Gasteiger partial charge in [0.05, 0.1) is 30.2 Å². The van der Waals surface area contributed by atoms with Crippen molar-refractivity contribution in [2.24, 2.45) is 22.4 Å². The quantitative estimate of drug-likeness (QED) is 0.517. The van der Waals surface area contributed by atoms with Gasteiger partial charge in [-0.2, -0.15) is 5.10 Å². The van der Waals surface area contributed by atoms with Crippen LogP contribution in [-0.2, 0) is 14.4 Å². The zero-order valence-corrected chi connectivity index (χ0v) is 18.7. The monoisotopic (exact) mass is 441 g/mol. The Kier molecular flexibility index (Phi) is 6.05. The second kappa shape index (κ2) is 8.63. The molecular formula is C23H31N5O4. The van der Waals surface area contributed by atoms with Crippen LogP contribution < -0.4 is 16.1 Å². The van der Waals surface area contributed by atoms with Crippen molar-refractivity contribution in [1.82, 2.24) is 15.6 Å². The van der Waals surface area contributed by atoms with Crippen molar-refractivity contribution in [3.8, 4) is 0 Å². The van der Waals surface area contributed by atoms with Gasteiger partial charge < -0.3 is 15.7 Å². The van der Waals surface area contributed by atoms with Gasteiger partial charge in [-0.3, -0.25) is 19.3 Å². The van der Waals surface area contributed by atoms with Gasteiger partial charge in [-0.05, 0) is 39.3 Å². The Morgan fingerprint density at radius 3 is 2.81 bits per heavy atom. The highest BCUT2D eigenvalue weighted by atomic mass is 16.3. The number of piperidine rings is 1. The van der Waals surface area contributed by atoms with Crippen LogP contribution in [0.4, 0.5) is 5.69 Å². The summed E-state index contributed by atoms with van der Waals surface area (Å²) in [6, 6.07) is 7.27. The lowest BCUT2D eigenvalue weighted by Gasteiger charge is -2.29. The van der Waals surface area contributed by atoms with Crippen molar-refractivity contribution in [2.45, 2.75) is 45.8 Å². The lowest BCUT2D eigenvalue weighted by atomic mass is 9.89. The number of rotatable bonds is 6. The molecule has 2 heterocycles. The maximum Gasteiger partial charge on any atom is 0.245 e. The van der Waals surface area contributed by atoms with E-state index in [2.05, 4.69) is 21.2 Å². The van der Waals surface area contributed by atoms with E-state index in [0.29, 0.717) is 23.5 Å². The fourth-order valence-corrected chi connectivity index (χ4v) is 5.05. The Morgan fingerprint density at radius 2 is 2.09 bits per heavy atom. The molecule has 0 bridgehead atoms. The van der Waals surface area contributed by atoms with Gasteiger partial charge in [-0.15, -0.1) is 0 Å². The second-order valence-corrected chi connectivity index (χ2v) is 9.46. The maximum absolute atomic E-state index is 12.8. The highest BCUT2D eigenvalue weighted by molar-refractivity contribution is 6.19. The van der Waals surface area contributed by atoms with Crippen molar-refractivity contribution >= 4 is 29.1 Å². The summed E-state index contributed by atoms with van der Waals surface area (Å²) in [6.07, 6.45) is 1.23. The minimum atomic E-state index is -0.737. The molecule has 9 heteroatoms. The van der Waals surface area contributed by atoms with E-state index in [1.54, 1.807) is 6.07 Å². The predicted molar refractivity (Wildman–Crippen MR) is 120 cm³/mol. The summed E-state index contributed by atoms with van der Waals surface area (Å²) in [7, 11) is 0. The van der Waals surface area contributed by atoms with Crippen LogP contribution in [0.25, 0.3) is 0 Å². The summed E-state index contributed by atoms with van der Waals surface area (Å²) in [4.78, 5) is 39.9. The summed E-state index contributed by atoms with van der Waals surface area (Å²) in [5, 5.41) is 20.0. The van der Waals surface area contributed by atoms with Gasteiger partial charge in [-0.25, -0.2) is 5.43 Å². The van der Waals surface area contributed by atoms with Crippen LogP contribution in [-0.4, -0.2) is 65.2 Å². The molecule has 3 amide bonds. The van der Waals surface area contributed by atoms with Crippen LogP contribution in [0.1, 0.15) is 39.2 Å². The van der Waals surface area contributed by atoms with Gasteiger partial charge in [0, 0.05) is 29.3 Å². The van der Waals surface area contributed by atoms with Crippen molar-refractivity contribution in [3.63, 3.8) is 0 Å². The standard InChI is InChI=1S/C23H31N5O4/c1-13(2)24-21(31)18-19-22(32)27-26-20(23(18,19)3)15-8-4-5-9-16(15)25-17(30)12-28-10-6-7-14(29)11-28/h4-5,8-9,13-14,18-19,29H,6-7,10-12H2,1-3H3,(H,24,31)(H,25,30)(H,27,32)/t14-,18-,19+,23+/m0/s1. The molecule has 0 spiro atoms. The lowest BCUT2D eigenvalue weighted by Crippen LogP contribution is -2.42. The number of fused-ring (bicyclic) bond motifs is 1. The number of likely N-dealkylation sites (tertiary alicyclic amines) is 1. The fourth-order valence-electron chi connectivity index (χ4n) is 5.05. The van der Waals surface area contributed by atoms with Gasteiger partial charge in [0.15, 0.2) is 0 Å². The number of β-amino-alcohol motifs (C(OH)–C–C–N with tert-alkyl or cyclic N) is 1. The SMILES string of the molecule is CC(C)NC(=O)[C@@H]1[C@@H]2C(=O)NN=C(c3ccccc3NC(=O)CN3CCC[C@H](O)C3)[C@]12C. The van der Waals surface area contributed by atoms with Crippen LogP contribution in [0, 0.1) is 17.3 Å². The number of para-hydroxylation sites is 1. The molecule has 1 aromatic rings. The molecule has 3 aliphatic rings. The molecule has 4 rings (SSSR count). The number of aliphatic hydroxyl groups is 1. The molecule has 0 unspecified atom stereocenters. The van der Waals surface area contributed by atoms with Crippen LogP contribution in [0.3, 0.4) is 0 Å². The van der Waals surface area contributed by atoms with E-state index in [1.165, 1.54) is 0 Å². The normalized spacial score (nSPS) is 29.6. The number of benzene rings is 1. The number of anilines is 1. The molecule has 0 radical (unpaired) electrons. The molecule has 1 aromatic carbocycles. The van der Waals surface area contributed by atoms with Crippen molar-refractivity contribution < 1.29 is 19.5 Å². The van der Waals surface area contributed by atoms with Crippen molar-refractivity contribution in [3.05, 3.63) is 29.8 Å². The van der Waals surface area contributed by atoms with Gasteiger partial charge in [0.25, 0.3) is 0 Å². The number of amides is 3. The number of hydrogen-bond acceptors (Lipinski definition) is 6. The summed E-state index contributed by atoms with van der Waals surface area (Å²) in [5.41, 5.74) is 3.68. The number of carbonyl (C=O) groups is 3. The van der Waals surface area contributed by atoms with E-state index in [-0.39, 0.29) is 30.3 Å². The third-order valence-corrected chi connectivity index (χ3v) is 6.60. The first-order valence-corrected chi connectivity index (χ1v) is 11.2. The molecule has 2 fully saturated rings. The molecule has 1 saturated heterocycles. The molecular weight excluding hydrogens is 410 g/mol. The largest absolute Gasteiger partial charge is 0.392 e. The highest BCUT2D eigenvalue weighted by Crippen LogP contribution is 2.62. The summed E-state index contributed by atoms with van der Waals surface area (Å²) in [6.45, 7) is 7.10. The second-order valence-electron chi connectivity index (χ2n) is 9.46. The van der Waals surface area contributed by atoms with Crippen molar-refractivity contribution in [1.29, 1.82) is 0 Å². The number of aliphatic hydroxyl groups excluding tert-OH is 1. The van der Waals surface area contributed by atoms with E-state index in [0.717, 1.165) is 19.4 Å². The Labute approximate surface area is 187 Å². The van der Waals surface area contributed by atoms with Crippen molar-refractivity contribution in [2.75, 3.05) is 25.0 Å². The molecule has 1 aliphatic carbocycles. The number of hydrazone groups is 1. The number of nitrogens with zero attached hydrogens (tertiary/aromatic N) is 2. The number of carbonyl (C=O) groups excluding carboxylic acids is 3. The molecule has 2 aliphatic heterocycles. The molecule has 172 valence electrons. The summed E-state index contributed by atoms with van der Waals surface area (Å²) >= 11 is 0. The zero-order valence-electron chi connectivity index (χ0n) is 18.7. The Hall–Kier alpha value is -2.78. The first-order chi connectivity index (χ1) is 15.2. The van der Waals surface area contributed by atoms with Gasteiger partial charge in [-0.1, -0.05) is 25.1 Å². The smallest absolute Gasteiger partial charge is 0.245 e. The molecule has 1 saturated carbocycles. The van der Waals surface area contributed by atoms with E-state index < -0.39 is 23.4 Å². The average molecular weight is 442 g/mol. The maximum atomic E-state index is 12.8. The Balaban J connectivity index is 1.55. The Morgan fingerprint density at radius 1 is 1.34 bits per heavy atom. The Bertz CT molecular complexity index is 961. The predicted octanol–water partition coefficient (Wildman–Crippen LogP) is 0.693. The van der Waals surface area contributed by atoms with E-state index in [9.17, 15) is 19.5 Å². The van der Waals surface area contributed by atoms with Crippen LogP contribution in [0.5, 0.6) is 0 Å². The molecule has 4 N–H and O–H groups in total. The first kappa shape index (κ1) is 22.4. The van der Waals surface area contributed by atoms with E-state index >= 15 is 0 Å². The lowest BCUT2D eigenvalue weighted by molar-refractivity contribution is -0.127. The average Bonchev–Trinajstić information content (AvgIpc) is 3.36. The number of nitrogens with one attached hydrogen (secondary N) is 3. The fraction of sp³-hybridized carbons (Fsp3) is 0.565. The van der Waals surface area contributed by atoms with Gasteiger partial charge >= 0.3 is 0 Å². The van der Waals surface area contributed by atoms with Gasteiger partial charge in [0.1, 0.15) is 0 Å². The van der Waals surface area contributed by atoms with E-state index in [1.807, 2.05) is 43.9 Å². The van der Waals surface area contributed by atoms with Gasteiger partial charge in [0.2, 0.25) is 17.7 Å². The highest BCUT2D eigenvalue weighted by Gasteiger charge is 2.72. The zero-order chi connectivity index (χ0) is 23.0. The molecule has 4 atom stereocenters. The number of hydrogen-bond donors (Lipinski definition) is 4. The third kappa shape index (κ3) is 4.14. The van der Waals surface area contributed by atoms with Crippen LogP contribution in [0.2, 0.25) is 0 Å².